The zero-order valence-corrected chi connectivity index (χ0v) is 38.4. The molecule has 6 rings (SSSR count). The molecule has 1 aromatic carbocycles. The summed E-state index contributed by atoms with van der Waals surface area (Å²) in [5.74, 6) is -0.754. The molecule has 0 saturated heterocycles. The Balaban J connectivity index is 1.35. The van der Waals surface area contributed by atoms with E-state index in [1.54, 1.807) is 25.7 Å². The number of carbonyl (C=O) groups is 5. The van der Waals surface area contributed by atoms with E-state index in [0.29, 0.717) is 42.7 Å². The third-order valence-corrected chi connectivity index (χ3v) is 17.5. The lowest BCUT2D eigenvalue weighted by molar-refractivity contribution is -0.236. The molecule has 59 heavy (non-hydrogen) atoms. The number of rotatable bonds is 11. The predicted molar refractivity (Wildman–Crippen MR) is 228 cm³/mol. The number of hydrogen-bond donors (Lipinski definition) is 1. The average molecular weight is 837 g/mol. The topological polar surface area (TPSA) is 127 Å². The summed E-state index contributed by atoms with van der Waals surface area (Å²) >= 11 is 6.20. The van der Waals surface area contributed by atoms with Gasteiger partial charge in [-0.3, -0.25) is 24.0 Å². The molecule has 1 aromatic rings. The van der Waals surface area contributed by atoms with Gasteiger partial charge in [-0.05, 0) is 123 Å². The van der Waals surface area contributed by atoms with E-state index in [0.717, 1.165) is 50.5 Å². The third-order valence-electron chi connectivity index (χ3n) is 17.2. The molecule has 5 aliphatic carbocycles. The Morgan fingerprint density at radius 2 is 1.56 bits per heavy atom. The summed E-state index contributed by atoms with van der Waals surface area (Å²) in [6, 6.07) is 7.44. The first-order valence-corrected chi connectivity index (χ1v) is 22.6. The third kappa shape index (κ3) is 7.82. The number of carbonyl (C=O) groups excluding carboxylic acids is 4. The monoisotopic (exact) mass is 835 g/mol. The summed E-state index contributed by atoms with van der Waals surface area (Å²) < 4.78 is 12.6. The van der Waals surface area contributed by atoms with Crippen LogP contribution in [0.4, 0.5) is 0 Å². The maximum absolute atomic E-state index is 14.0. The summed E-state index contributed by atoms with van der Waals surface area (Å²) in [6.45, 7) is 23.1. The van der Waals surface area contributed by atoms with E-state index in [-0.39, 0.29) is 64.3 Å². The van der Waals surface area contributed by atoms with Crippen molar-refractivity contribution in [2.24, 2.45) is 56.2 Å². The van der Waals surface area contributed by atoms with Gasteiger partial charge < -0.3 is 19.5 Å². The van der Waals surface area contributed by atoms with Crippen molar-refractivity contribution in [3.63, 3.8) is 0 Å². The molecule has 0 unspecified atom stereocenters. The van der Waals surface area contributed by atoms with E-state index < -0.39 is 34.8 Å². The van der Waals surface area contributed by atoms with Crippen molar-refractivity contribution in [3.8, 4) is 0 Å². The summed E-state index contributed by atoms with van der Waals surface area (Å²) in [7, 11) is 0. The Labute approximate surface area is 357 Å². The molecule has 0 aliphatic heterocycles. The number of amides is 1. The highest BCUT2D eigenvalue weighted by molar-refractivity contribution is 6.30. The number of aliphatic carboxylic acids is 1. The van der Waals surface area contributed by atoms with E-state index in [4.69, 9.17) is 21.1 Å². The van der Waals surface area contributed by atoms with Gasteiger partial charge in [-0.2, -0.15) is 0 Å². The van der Waals surface area contributed by atoms with Crippen LogP contribution in [-0.2, 0) is 40.0 Å². The van der Waals surface area contributed by atoms with Crippen LogP contribution in [0.2, 0.25) is 5.02 Å². The molecule has 1 amide bonds. The van der Waals surface area contributed by atoms with E-state index in [1.165, 1.54) is 18.1 Å². The first-order chi connectivity index (χ1) is 27.3. The van der Waals surface area contributed by atoms with E-state index >= 15 is 0 Å². The summed E-state index contributed by atoms with van der Waals surface area (Å²) in [5.41, 5.74) is 1.13. The van der Waals surface area contributed by atoms with Gasteiger partial charge in [0.05, 0.1) is 18.4 Å². The number of halogens is 1. The van der Waals surface area contributed by atoms with E-state index in [2.05, 4.69) is 48.5 Å². The van der Waals surface area contributed by atoms with Crippen LogP contribution in [0.3, 0.4) is 0 Å². The first kappa shape index (κ1) is 45.3. The van der Waals surface area contributed by atoms with Gasteiger partial charge in [0.1, 0.15) is 18.0 Å². The van der Waals surface area contributed by atoms with Crippen molar-refractivity contribution >= 4 is 41.2 Å². The van der Waals surface area contributed by atoms with Crippen LogP contribution in [0, 0.1) is 56.2 Å². The largest absolute Gasteiger partial charge is 0.481 e. The molecule has 0 aromatic heterocycles. The molecular formula is C49H70ClNO8. The minimum Gasteiger partial charge on any atom is -0.481 e. The molecule has 9 nitrogen and oxygen atoms in total. The number of esters is 2. The number of benzene rings is 1. The van der Waals surface area contributed by atoms with Crippen molar-refractivity contribution in [2.75, 3.05) is 6.54 Å². The number of carboxylic acid groups (broad SMARTS) is 1. The Morgan fingerprint density at radius 3 is 2.15 bits per heavy atom. The van der Waals surface area contributed by atoms with Gasteiger partial charge >= 0.3 is 17.9 Å². The highest BCUT2D eigenvalue weighted by Gasteiger charge is 2.70. The number of ether oxygens (including phenoxy) is 2. The maximum atomic E-state index is 14.0. The minimum atomic E-state index is -1.19. The molecule has 1 N–H and O–H groups in total. The SMILES string of the molecule is CC(=O)O[C@H](CN(Cc1ccc(Cl)cc1)C(C)=O)[C@@]12CC[C@]3(C)[C@H](CC[C@@H]4[C@@]5(C)CC[C@H](OC(=O)CC(C)(C)C(=O)O)C(C)(C)[C@@H]5CC[C@]43C)C1=C(C(C)C)CC(=O)C2. The molecular weight excluding hydrogens is 766 g/mol. The second kappa shape index (κ2) is 15.9. The summed E-state index contributed by atoms with van der Waals surface area (Å²) in [4.78, 5) is 67.3. The molecule has 326 valence electrons. The van der Waals surface area contributed by atoms with Crippen LogP contribution >= 0.6 is 11.6 Å². The number of carboxylic acids is 1. The highest BCUT2D eigenvalue weighted by atomic mass is 35.5. The van der Waals surface area contributed by atoms with Gasteiger partial charge in [0.2, 0.25) is 5.91 Å². The van der Waals surface area contributed by atoms with Crippen molar-refractivity contribution in [1.82, 2.24) is 4.90 Å². The molecule has 9 atom stereocenters. The number of nitrogens with zero attached hydrogens (tertiary/aromatic N) is 1. The fourth-order valence-corrected chi connectivity index (χ4v) is 14.0. The number of fused-ring (bicyclic) bond motifs is 7. The smallest absolute Gasteiger partial charge is 0.309 e. The van der Waals surface area contributed by atoms with Gasteiger partial charge in [-0.25, -0.2) is 0 Å². The van der Waals surface area contributed by atoms with Crippen LogP contribution in [-0.4, -0.2) is 58.4 Å². The normalized spacial score (nSPS) is 34.4. The lowest BCUT2D eigenvalue weighted by Crippen LogP contribution is -2.67. The van der Waals surface area contributed by atoms with Gasteiger partial charge in [-0.15, -0.1) is 0 Å². The van der Waals surface area contributed by atoms with E-state index in [1.807, 2.05) is 24.3 Å². The second-order valence-electron chi connectivity index (χ2n) is 21.6. The van der Waals surface area contributed by atoms with Crippen LogP contribution in [0.15, 0.2) is 35.4 Å². The Morgan fingerprint density at radius 1 is 0.898 bits per heavy atom. The fraction of sp³-hybridized carbons (Fsp3) is 0.735. The average Bonchev–Trinajstić information content (AvgIpc) is 3.12. The van der Waals surface area contributed by atoms with Crippen molar-refractivity contribution in [3.05, 3.63) is 46.0 Å². The molecule has 0 spiro atoms. The second-order valence-corrected chi connectivity index (χ2v) is 22.0. The zero-order valence-electron chi connectivity index (χ0n) is 37.6. The lowest BCUT2D eigenvalue weighted by Gasteiger charge is -2.73. The van der Waals surface area contributed by atoms with Crippen LogP contribution in [0.5, 0.6) is 0 Å². The van der Waals surface area contributed by atoms with Crippen LogP contribution in [0.25, 0.3) is 0 Å². The number of hydrogen-bond acceptors (Lipinski definition) is 7. The molecule has 0 radical (unpaired) electrons. The Hall–Kier alpha value is -3.20. The zero-order chi connectivity index (χ0) is 43.7. The summed E-state index contributed by atoms with van der Waals surface area (Å²) in [5, 5.41) is 10.3. The lowest BCUT2D eigenvalue weighted by atomic mass is 9.32. The molecule has 4 fully saturated rings. The molecule has 0 heterocycles. The highest BCUT2D eigenvalue weighted by Crippen LogP contribution is 2.77. The number of Topliss-reactive ketones (excluding diaryl/α,β-unsaturated/α-hetero) is 1. The summed E-state index contributed by atoms with van der Waals surface area (Å²) in [6.07, 6.45) is 6.87. The minimum absolute atomic E-state index is 0.00395. The molecule has 10 heteroatoms. The standard InChI is InChI=1S/C49H70ClNO8/c1-29(2)35-24-34(54)25-49(40(58-31(4)53)28-51(30(3)52)27-32-12-14-33(50)15-13-32)23-22-47(10)36(42(35)49)16-17-38-46(9)20-19-39(59-41(55)26-44(5,6)43(56)57)45(7,8)37(46)18-21-48(38,47)11/h12-15,29,36-40H,16-28H2,1-11H3,(H,56,57)/t36-,37+,38-,39+,40-,46+,47-,48-,49+/m1/s1. The Kier molecular flexibility index (Phi) is 12.2. The Bertz CT molecular complexity index is 1880. The molecule has 0 bridgehead atoms. The van der Waals surface area contributed by atoms with Crippen molar-refractivity contribution < 1.29 is 38.6 Å². The van der Waals surface area contributed by atoms with Crippen LogP contribution < -0.4 is 0 Å². The van der Waals surface area contributed by atoms with Crippen molar-refractivity contribution in [1.29, 1.82) is 0 Å². The predicted octanol–water partition coefficient (Wildman–Crippen LogP) is 10.4. The first-order valence-electron chi connectivity index (χ1n) is 22.2. The molecule has 4 saturated carbocycles. The van der Waals surface area contributed by atoms with Crippen molar-refractivity contribution in [2.45, 2.75) is 166 Å². The number of allylic oxidation sites excluding steroid dienone is 1. The number of ketones is 1. The van der Waals surface area contributed by atoms with Gasteiger partial charge in [-0.1, -0.05) is 83.3 Å². The quantitative estimate of drug-likeness (QED) is 0.172. The van der Waals surface area contributed by atoms with Gasteiger partial charge in [0, 0.05) is 49.1 Å². The van der Waals surface area contributed by atoms with E-state index in [9.17, 15) is 29.1 Å². The fourth-order valence-electron chi connectivity index (χ4n) is 13.9. The maximum Gasteiger partial charge on any atom is 0.309 e. The molecule has 5 aliphatic rings. The van der Waals surface area contributed by atoms with Crippen LogP contribution in [0.1, 0.15) is 152 Å². The van der Waals surface area contributed by atoms with Gasteiger partial charge in [0.15, 0.2) is 0 Å². The van der Waals surface area contributed by atoms with Gasteiger partial charge in [0.25, 0.3) is 0 Å².